The zero-order valence-corrected chi connectivity index (χ0v) is 17.7. The van der Waals surface area contributed by atoms with Crippen molar-refractivity contribution in [2.75, 3.05) is 7.11 Å². The Morgan fingerprint density at radius 3 is 2.33 bits per heavy atom. The van der Waals surface area contributed by atoms with Gasteiger partial charge in [-0.25, -0.2) is 9.59 Å². The standard InChI is InChI=1S/C22H24ClF2NO4/c1-14(2)12-18(20(27)29-3)26-21(28)30-19(15-8-5-4-6-9-15)22(24,25)16-10-7-11-17(23)13-16/h4-11,13-14,18-19H,12H2,1-3H3,(H,26,28)/t18-,19?/m0/s1. The van der Waals surface area contributed by atoms with Crippen LogP contribution in [0.2, 0.25) is 5.02 Å². The summed E-state index contributed by atoms with van der Waals surface area (Å²) in [6, 6.07) is 11.8. The molecule has 0 saturated heterocycles. The van der Waals surface area contributed by atoms with Crippen LogP contribution in [0.1, 0.15) is 37.5 Å². The third-order valence-electron chi connectivity index (χ3n) is 4.35. The van der Waals surface area contributed by atoms with Gasteiger partial charge in [0, 0.05) is 10.6 Å². The summed E-state index contributed by atoms with van der Waals surface area (Å²) in [5.74, 6) is -4.21. The van der Waals surface area contributed by atoms with E-state index in [9.17, 15) is 9.59 Å². The molecule has 0 bridgehead atoms. The minimum Gasteiger partial charge on any atom is -0.467 e. The summed E-state index contributed by atoms with van der Waals surface area (Å²) in [4.78, 5) is 24.4. The van der Waals surface area contributed by atoms with Gasteiger partial charge in [-0.2, -0.15) is 8.78 Å². The first kappa shape index (κ1) is 23.6. The van der Waals surface area contributed by atoms with Gasteiger partial charge in [0.1, 0.15) is 6.04 Å². The van der Waals surface area contributed by atoms with Gasteiger partial charge in [-0.3, -0.25) is 0 Å². The number of amides is 1. The Labute approximate surface area is 179 Å². The fourth-order valence-electron chi connectivity index (χ4n) is 2.94. The molecule has 0 aliphatic carbocycles. The predicted octanol–water partition coefficient (Wildman–Crippen LogP) is 5.49. The maximum atomic E-state index is 15.4. The number of alkyl halides is 2. The number of hydrogen-bond donors (Lipinski definition) is 1. The summed E-state index contributed by atoms with van der Waals surface area (Å²) in [5, 5.41) is 2.47. The van der Waals surface area contributed by atoms with E-state index in [1.807, 2.05) is 13.8 Å². The molecule has 2 aromatic rings. The van der Waals surface area contributed by atoms with Crippen LogP contribution in [0, 0.1) is 5.92 Å². The number of rotatable bonds is 8. The summed E-state index contributed by atoms with van der Waals surface area (Å²) in [5.41, 5.74) is -0.306. The Hall–Kier alpha value is -2.67. The fraction of sp³-hybridized carbons (Fsp3) is 0.364. The number of hydrogen-bond acceptors (Lipinski definition) is 4. The Morgan fingerprint density at radius 1 is 1.10 bits per heavy atom. The van der Waals surface area contributed by atoms with Crippen LogP contribution in [0.3, 0.4) is 0 Å². The zero-order chi connectivity index (χ0) is 22.3. The highest BCUT2D eigenvalue weighted by molar-refractivity contribution is 6.30. The van der Waals surface area contributed by atoms with E-state index in [2.05, 4.69) is 10.1 Å². The lowest BCUT2D eigenvalue weighted by atomic mass is 9.97. The van der Waals surface area contributed by atoms with E-state index >= 15 is 8.78 Å². The Bertz CT molecular complexity index is 861. The Balaban J connectivity index is 2.32. The zero-order valence-electron chi connectivity index (χ0n) is 16.9. The van der Waals surface area contributed by atoms with E-state index in [-0.39, 0.29) is 22.9 Å². The van der Waals surface area contributed by atoms with Crippen molar-refractivity contribution in [3.05, 3.63) is 70.7 Å². The number of halogens is 3. The molecule has 0 radical (unpaired) electrons. The van der Waals surface area contributed by atoms with Gasteiger partial charge in [0.25, 0.3) is 0 Å². The summed E-state index contributed by atoms with van der Waals surface area (Å²) >= 11 is 5.87. The van der Waals surface area contributed by atoms with Gasteiger partial charge < -0.3 is 14.8 Å². The highest BCUT2D eigenvalue weighted by atomic mass is 35.5. The second-order valence-corrected chi connectivity index (χ2v) is 7.62. The molecule has 1 amide bonds. The summed E-state index contributed by atoms with van der Waals surface area (Å²) in [6.07, 6.45) is -2.82. The van der Waals surface area contributed by atoms with E-state index in [1.54, 1.807) is 18.2 Å². The first-order valence-electron chi connectivity index (χ1n) is 9.39. The molecule has 5 nitrogen and oxygen atoms in total. The normalized spacial score (nSPS) is 13.4. The molecule has 8 heteroatoms. The van der Waals surface area contributed by atoms with Crippen LogP contribution >= 0.6 is 11.6 Å². The minimum atomic E-state index is -3.58. The third kappa shape index (κ3) is 6.16. The van der Waals surface area contributed by atoms with Crippen LogP contribution in [0.25, 0.3) is 0 Å². The average Bonchev–Trinajstić information content (AvgIpc) is 2.71. The number of carbonyl (C=O) groups excluding carboxylic acids is 2. The molecular weight excluding hydrogens is 416 g/mol. The average molecular weight is 440 g/mol. The third-order valence-corrected chi connectivity index (χ3v) is 4.59. The SMILES string of the molecule is COC(=O)[C@H](CC(C)C)NC(=O)OC(c1ccccc1)C(F)(F)c1cccc(Cl)c1. The van der Waals surface area contributed by atoms with Crippen LogP contribution in [0.15, 0.2) is 54.6 Å². The fourth-order valence-corrected chi connectivity index (χ4v) is 3.13. The molecule has 0 aliphatic heterocycles. The molecule has 0 aliphatic rings. The molecule has 0 aromatic heterocycles. The van der Waals surface area contributed by atoms with Crippen molar-refractivity contribution >= 4 is 23.7 Å². The maximum Gasteiger partial charge on any atom is 0.408 e. The van der Waals surface area contributed by atoms with Gasteiger partial charge in [0.05, 0.1) is 7.11 Å². The van der Waals surface area contributed by atoms with Crippen molar-refractivity contribution in [1.82, 2.24) is 5.32 Å². The second kappa shape index (κ2) is 10.4. The second-order valence-electron chi connectivity index (χ2n) is 7.18. The summed E-state index contributed by atoms with van der Waals surface area (Å²) in [6.45, 7) is 3.70. The molecule has 0 fully saturated rings. The van der Waals surface area contributed by atoms with Gasteiger partial charge in [-0.1, -0.05) is 67.9 Å². The first-order valence-corrected chi connectivity index (χ1v) is 9.76. The van der Waals surface area contributed by atoms with Crippen LogP contribution in [-0.2, 0) is 20.2 Å². The van der Waals surface area contributed by atoms with E-state index in [4.69, 9.17) is 16.3 Å². The van der Waals surface area contributed by atoms with E-state index in [0.717, 1.165) is 6.07 Å². The largest absolute Gasteiger partial charge is 0.467 e. The van der Waals surface area contributed by atoms with Crippen molar-refractivity contribution in [3.63, 3.8) is 0 Å². The van der Waals surface area contributed by atoms with Crippen molar-refractivity contribution in [2.24, 2.45) is 5.92 Å². The Kier molecular flexibility index (Phi) is 8.17. The number of alkyl carbamates (subject to hydrolysis) is 1. The number of methoxy groups -OCH3 is 1. The van der Waals surface area contributed by atoms with Crippen LogP contribution in [0.5, 0.6) is 0 Å². The highest BCUT2D eigenvalue weighted by Crippen LogP contribution is 2.43. The van der Waals surface area contributed by atoms with Crippen LogP contribution < -0.4 is 5.32 Å². The van der Waals surface area contributed by atoms with Crippen LogP contribution in [0.4, 0.5) is 13.6 Å². The van der Waals surface area contributed by atoms with Crippen LogP contribution in [-0.4, -0.2) is 25.2 Å². The number of carbonyl (C=O) groups is 2. The first-order chi connectivity index (χ1) is 14.1. The van der Waals surface area contributed by atoms with Gasteiger partial charge in [0.2, 0.25) is 0 Å². The smallest absolute Gasteiger partial charge is 0.408 e. The predicted molar refractivity (Wildman–Crippen MR) is 109 cm³/mol. The molecule has 2 aromatic carbocycles. The number of benzene rings is 2. The lowest BCUT2D eigenvalue weighted by molar-refractivity contribution is -0.144. The van der Waals surface area contributed by atoms with Crippen molar-refractivity contribution in [3.8, 4) is 0 Å². The molecule has 2 rings (SSSR count). The highest BCUT2D eigenvalue weighted by Gasteiger charge is 2.46. The van der Waals surface area contributed by atoms with Gasteiger partial charge >= 0.3 is 18.0 Å². The molecule has 0 spiro atoms. The molecule has 0 saturated carbocycles. The summed E-state index contributed by atoms with van der Waals surface area (Å²) in [7, 11) is 1.18. The van der Waals surface area contributed by atoms with Crippen molar-refractivity contribution in [1.29, 1.82) is 0 Å². The maximum absolute atomic E-state index is 15.4. The molecule has 162 valence electrons. The van der Waals surface area contributed by atoms with E-state index in [0.29, 0.717) is 0 Å². The van der Waals surface area contributed by atoms with Gasteiger partial charge in [-0.05, 0) is 30.0 Å². The monoisotopic (exact) mass is 439 g/mol. The van der Waals surface area contributed by atoms with E-state index < -0.39 is 35.7 Å². The quantitative estimate of drug-likeness (QED) is 0.552. The Morgan fingerprint density at radius 2 is 1.77 bits per heavy atom. The molecule has 1 N–H and O–H groups in total. The molecule has 0 heterocycles. The van der Waals surface area contributed by atoms with Gasteiger partial charge in [0.15, 0.2) is 6.10 Å². The molecular formula is C22H24ClF2NO4. The molecule has 30 heavy (non-hydrogen) atoms. The molecule has 1 unspecified atom stereocenters. The topological polar surface area (TPSA) is 64.6 Å². The number of nitrogens with one attached hydrogen (secondary N) is 1. The van der Waals surface area contributed by atoms with Gasteiger partial charge in [-0.15, -0.1) is 0 Å². The van der Waals surface area contributed by atoms with Crippen molar-refractivity contribution < 1.29 is 27.8 Å². The lowest BCUT2D eigenvalue weighted by Gasteiger charge is -2.28. The number of esters is 1. The molecule has 2 atom stereocenters. The van der Waals surface area contributed by atoms with Crippen molar-refractivity contribution in [2.45, 2.75) is 38.3 Å². The summed E-state index contributed by atoms with van der Waals surface area (Å²) < 4.78 is 40.6. The lowest BCUT2D eigenvalue weighted by Crippen LogP contribution is -2.44. The van der Waals surface area contributed by atoms with E-state index in [1.165, 1.54) is 37.4 Å². The minimum absolute atomic E-state index is 0.0484. The number of ether oxygens (including phenoxy) is 2.